The van der Waals surface area contributed by atoms with Gasteiger partial charge in [-0.1, -0.05) is 165 Å². The van der Waals surface area contributed by atoms with E-state index in [1.165, 1.54) is 109 Å². The molecule has 0 heterocycles. The largest absolute Gasteiger partial charge is 0.472 e. The highest BCUT2D eigenvalue weighted by Gasteiger charge is 2.26. The second-order valence-corrected chi connectivity index (χ2v) is 15.6. The van der Waals surface area contributed by atoms with Gasteiger partial charge in [-0.05, 0) is 64.2 Å². The van der Waals surface area contributed by atoms with Crippen LogP contribution in [0.2, 0.25) is 0 Å². The molecule has 0 rings (SSSR count). The van der Waals surface area contributed by atoms with E-state index >= 15 is 0 Å². The number of allylic oxidation sites excluding steroid dienone is 7. The number of phosphoric ester groups is 1. The van der Waals surface area contributed by atoms with Crippen molar-refractivity contribution in [1.29, 1.82) is 0 Å². The van der Waals surface area contributed by atoms with Crippen molar-refractivity contribution >= 4 is 13.7 Å². The van der Waals surface area contributed by atoms with E-state index < -0.39 is 20.0 Å². The average Bonchev–Trinajstić information content (AvgIpc) is 3.13. The molecule has 1 amide bonds. The number of hydrogen-bond donors (Lipinski definition) is 4. The van der Waals surface area contributed by atoms with E-state index in [2.05, 4.69) is 55.6 Å². The molecule has 0 aliphatic rings. The fraction of sp³-hybridized carbons (Fsp3) is 0.791. The van der Waals surface area contributed by atoms with Crippen molar-refractivity contribution in [3.05, 3.63) is 48.6 Å². The zero-order chi connectivity index (χ0) is 38.2. The van der Waals surface area contributed by atoms with E-state index in [9.17, 15) is 19.4 Å². The molecule has 0 aliphatic heterocycles. The van der Waals surface area contributed by atoms with Gasteiger partial charge in [0, 0.05) is 13.0 Å². The maximum absolute atomic E-state index is 12.7. The van der Waals surface area contributed by atoms with Gasteiger partial charge in [-0.3, -0.25) is 13.8 Å². The van der Waals surface area contributed by atoms with E-state index in [4.69, 9.17) is 14.8 Å². The molecule has 0 aliphatic carbocycles. The Morgan fingerprint density at radius 1 is 0.635 bits per heavy atom. The van der Waals surface area contributed by atoms with Crippen molar-refractivity contribution in [2.24, 2.45) is 5.73 Å². The Balaban J connectivity index is 4.30. The molecule has 0 saturated carbocycles. The van der Waals surface area contributed by atoms with Gasteiger partial charge in [0.15, 0.2) is 0 Å². The minimum absolute atomic E-state index is 0.0713. The van der Waals surface area contributed by atoms with Gasteiger partial charge in [0.05, 0.1) is 25.4 Å². The number of unbranched alkanes of at least 4 members (excludes halogenated alkanes) is 21. The van der Waals surface area contributed by atoms with Crippen molar-refractivity contribution in [3.63, 3.8) is 0 Å². The number of carbonyl (C=O) groups excluding carboxylic acids is 1. The van der Waals surface area contributed by atoms with Gasteiger partial charge < -0.3 is 21.1 Å². The molecule has 304 valence electrons. The minimum Gasteiger partial charge on any atom is -0.387 e. The molecular weight excluding hydrogens is 671 g/mol. The van der Waals surface area contributed by atoms with Crippen LogP contribution in [0.15, 0.2) is 48.6 Å². The Kier molecular flexibility index (Phi) is 38.0. The maximum atomic E-state index is 12.7. The molecule has 0 bridgehead atoms. The van der Waals surface area contributed by atoms with E-state index in [1.807, 2.05) is 6.08 Å². The van der Waals surface area contributed by atoms with Crippen LogP contribution in [-0.2, 0) is 18.4 Å². The Morgan fingerprint density at radius 3 is 1.62 bits per heavy atom. The molecule has 0 aromatic heterocycles. The summed E-state index contributed by atoms with van der Waals surface area (Å²) in [5.74, 6) is -0.214. The number of aliphatic hydroxyl groups excluding tert-OH is 1. The summed E-state index contributed by atoms with van der Waals surface area (Å²) in [5.41, 5.74) is 5.36. The van der Waals surface area contributed by atoms with Crippen LogP contribution >= 0.6 is 7.82 Å². The maximum Gasteiger partial charge on any atom is 0.472 e. The lowest BCUT2D eigenvalue weighted by atomic mass is 10.1. The SMILES string of the molecule is CCCCCC/C=C\C/C=C\CCCCCCCCCC(=O)NC(COP(=O)(O)OCCN)C(O)/C=C/CC/C=C/CCCCCCCCCCC. The number of carbonyl (C=O) groups is 1. The van der Waals surface area contributed by atoms with Crippen LogP contribution in [0.4, 0.5) is 0 Å². The fourth-order valence-electron chi connectivity index (χ4n) is 5.88. The quantitative estimate of drug-likeness (QED) is 0.0279. The molecule has 8 nitrogen and oxygen atoms in total. The van der Waals surface area contributed by atoms with E-state index in [1.54, 1.807) is 6.08 Å². The Morgan fingerprint density at radius 2 is 1.08 bits per heavy atom. The second-order valence-electron chi connectivity index (χ2n) is 14.2. The predicted octanol–water partition coefficient (Wildman–Crippen LogP) is 11.7. The average molecular weight is 753 g/mol. The number of hydrogen-bond acceptors (Lipinski definition) is 6. The monoisotopic (exact) mass is 753 g/mol. The smallest absolute Gasteiger partial charge is 0.387 e. The summed E-state index contributed by atoms with van der Waals surface area (Å²) in [5, 5.41) is 13.6. The second kappa shape index (κ2) is 39.2. The van der Waals surface area contributed by atoms with Crippen LogP contribution in [0.5, 0.6) is 0 Å². The van der Waals surface area contributed by atoms with Crippen molar-refractivity contribution < 1.29 is 28.4 Å². The van der Waals surface area contributed by atoms with E-state index in [0.29, 0.717) is 6.42 Å². The van der Waals surface area contributed by atoms with E-state index in [0.717, 1.165) is 57.8 Å². The Labute approximate surface area is 320 Å². The Bertz CT molecular complexity index is 954. The summed E-state index contributed by atoms with van der Waals surface area (Å²) in [4.78, 5) is 22.7. The molecule has 0 radical (unpaired) electrons. The molecule has 5 N–H and O–H groups in total. The first-order valence-electron chi connectivity index (χ1n) is 21.3. The first kappa shape index (κ1) is 50.5. The molecule has 52 heavy (non-hydrogen) atoms. The van der Waals surface area contributed by atoms with Crippen LogP contribution in [0.1, 0.15) is 187 Å². The fourth-order valence-corrected chi connectivity index (χ4v) is 6.64. The van der Waals surface area contributed by atoms with Crippen molar-refractivity contribution in [2.45, 2.75) is 199 Å². The lowest BCUT2D eigenvalue weighted by molar-refractivity contribution is -0.123. The van der Waals surface area contributed by atoms with Crippen LogP contribution in [0, 0.1) is 0 Å². The van der Waals surface area contributed by atoms with E-state index in [-0.39, 0.29) is 25.7 Å². The van der Waals surface area contributed by atoms with Gasteiger partial charge in [-0.25, -0.2) is 4.57 Å². The lowest BCUT2D eigenvalue weighted by Crippen LogP contribution is -2.45. The summed E-state index contributed by atoms with van der Waals surface area (Å²) < 4.78 is 22.1. The number of nitrogens with two attached hydrogens (primary N) is 1. The summed E-state index contributed by atoms with van der Waals surface area (Å²) in [6.45, 7) is 4.08. The number of phosphoric acid groups is 1. The molecular formula is C43H81N2O6P. The third-order valence-electron chi connectivity index (χ3n) is 9.13. The van der Waals surface area contributed by atoms with Gasteiger partial charge in [0.1, 0.15) is 0 Å². The van der Waals surface area contributed by atoms with Crippen LogP contribution in [0.3, 0.4) is 0 Å². The molecule has 3 unspecified atom stereocenters. The first-order chi connectivity index (χ1) is 25.4. The summed E-state index contributed by atoms with van der Waals surface area (Å²) in [6.07, 6.45) is 47.3. The van der Waals surface area contributed by atoms with Gasteiger partial charge in [0.25, 0.3) is 0 Å². The summed E-state index contributed by atoms with van der Waals surface area (Å²) in [6, 6.07) is -0.881. The van der Waals surface area contributed by atoms with Crippen LogP contribution < -0.4 is 11.1 Å². The van der Waals surface area contributed by atoms with Crippen LogP contribution in [0.25, 0.3) is 0 Å². The highest BCUT2D eigenvalue weighted by Crippen LogP contribution is 2.43. The molecule has 3 atom stereocenters. The highest BCUT2D eigenvalue weighted by atomic mass is 31.2. The topological polar surface area (TPSA) is 131 Å². The third kappa shape index (κ3) is 36.8. The number of rotatable bonds is 39. The van der Waals surface area contributed by atoms with Gasteiger partial charge in [0.2, 0.25) is 5.91 Å². The predicted molar refractivity (Wildman–Crippen MR) is 221 cm³/mol. The van der Waals surface area contributed by atoms with Crippen molar-refractivity contribution in [3.8, 4) is 0 Å². The molecule has 0 aromatic carbocycles. The number of aliphatic hydroxyl groups is 1. The van der Waals surface area contributed by atoms with Gasteiger partial charge >= 0.3 is 7.82 Å². The number of nitrogens with one attached hydrogen (secondary N) is 1. The van der Waals surface area contributed by atoms with Crippen molar-refractivity contribution in [1.82, 2.24) is 5.32 Å². The highest BCUT2D eigenvalue weighted by molar-refractivity contribution is 7.47. The van der Waals surface area contributed by atoms with Crippen molar-refractivity contribution in [2.75, 3.05) is 19.8 Å². The zero-order valence-electron chi connectivity index (χ0n) is 33.5. The van der Waals surface area contributed by atoms with Crippen LogP contribution in [-0.4, -0.2) is 47.8 Å². The summed E-state index contributed by atoms with van der Waals surface area (Å²) in [7, 11) is -4.35. The molecule has 0 saturated heterocycles. The normalized spacial score (nSPS) is 14.6. The Hall–Kier alpha value is -1.54. The zero-order valence-corrected chi connectivity index (χ0v) is 34.4. The standard InChI is InChI=1S/C43H81N2O6P/c1-3-5-7-9-11-13-15-17-19-20-21-23-25-27-29-31-33-35-37-43(47)45-41(40-51-52(48,49)50-39-38-44)42(46)36-34-32-30-28-26-24-22-18-16-14-12-10-8-6-4-2/h13,15,19-20,26,28,34,36,41-42,46H,3-12,14,16-18,21-25,27,29-33,35,37-40,44H2,1-2H3,(H,45,47)(H,48,49)/b15-13-,20-19-,28-26+,36-34+. The molecule has 0 spiro atoms. The van der Waals surface area contributed by atoms with Gasteiger partial charge in [-0.2, -0.15) is 0 Å². The molecule has 0 fully saturated rings. The summed E-state index contributed by atoms with van der Waals surface area (Å²) >= 11 is 0. The minimum atomic E-state index is -4.35. The van der Waals surface area contributed by atoms with Gasteiger partial charge in [-0.15, -0.1) is 0 Å². The molecule has 9 heteroatoms. The third-order valence-corrected chi connectivity index (χ3v) is 10.1. The first-order valence-corrected chi connectivity index (χ1v) is 22.8. The lowest BCUT2D eigenvalue weighted by Gasteiger charge is -2.23. The molecule has 0 aromatic rings. The number of amides is 1.